The number of methoxy groups -OCH3 is 1. The minimum absolute atomic E-state index is 0.176. The lowest BCUT2D eigenvalue weighted by Gasteiger charge is -2.13. The summed E-state index contributed by atoms with van der Waals surface area (Å²) < 4.78 is 6.48. The van der Waals surface area contributed by atoms with Crippen molar-refractivity contribution in [2.24, 2.45) is 0 Å². The fraction of sp³-hybridized carbons (Fsp3) is 0.150. The zero-order valence-corrected chi connectivity index (χ0v) is 15.0. The Morgan fingerprint density at radius 2 is 1.85 bits per heavy atom. The van der Waals surface area contributed by atoms with E-state index < -0.39 is 5.56 Å². The Morgan fingerprint density at radius 1 is 1.07 bits per heavy atom. The first-order chi connectivity index (χ1) is 13.0. The van der Waals surface area contributed by atoms with Crippen molar-refractivity contribution in [3.05, 3.63) is 70.5 Å². The molecule has 1 heterocycles. The van der Waals surface area contributed by atoms with Crippen molar-refractivity contribution >= 4 is 28.4 Å². The molecular weight excluding hydrogens is 346 g/mol. The summed E-state index contributed by atoms with van der Waals surface area (Å²) in [7, 11) is 3.05. The van der Waals surface area contributed by atoms with Crippen LogP contribution >= 0.6 is 0 Å². The van der Waals surface area contributed by atoms with Gasteiger partial charge in [0.2, 0.25) is 5.91 Å². The van der Waals surface area contributed by atoms with E-state index in [0.717, 1.165) is 0 Å². The fourth-order valence-corrected chi connectivity index (χ4v) is 2.87. The van der Waals surface area contributed by atoms with E-state index >= 15 is 0 Å². The van der Waals surface area contributed by atoms with Gasteiger partial charge in [-0.1, -0.05) is 24.3 Å². The molecule has 0 spiro atoms. The molecule has 0 bridgehead atoms. The normalized spacial score (nSPS) is 10.4. The second-order valence-electron chi connectivity index (χ2n) is 5.86. The molecule has 3 aromatic rings. The van der Waals surface area contributed by atoms with Gasteiger partial charge in [0.05, 0.1) is 18.2 Å². The quantitative estimate of drug-likeness (QED) is 0.724. The number of nitrogens with zero attached hydrogens (tertiary/aromatic N) is 1. The predicted molar refractivity (Wildman–Crippen MR) is 103 cm³/mol. The molecule has 0 saturated heterocycles. The zero-order valence-electron chi connectivity index (χ0n) is 15.0. The number of rotatable bonds is 5. The molecule has 0 unspecified atom stereocenters. The van der Waals surface area contributed by atoms with Gasteiger partial charge in [-0.2, -0.15) is 0 Å². The van der Waals surface area contributed by atoms with Gasteiger partial charge < -0.3 is 15.4 Å². The van der Waals surface area contributed by atoms with Crippen LogP contribution in [0.25, 0.3) is 10.9 Å². The highest BCUT2D eigenvalue weighted by Crippen LogP contribution is 2.18. The first kappa shape index (κ1) is 18.2. The number of ether oxygens (including phenoxy) is 1. The van der Waals surface area contributed by atoms with Crippen molar-refractivity contribution in [1.29, 1.82) is 0 Å². The maximum atomic E-state index is 12.5. The van der Waals surface area contributed by atoms with E-state index in [4.69, 9.17) is 4.74 Å². The highest BCUT2D eigenvalue weighted by atomic mass is 16.5. The molecule has 0 atom stereocenters. The number of carbonyl (C=O) groups is 2. The van der Waals surface area contributed by atoms with Gasteiger partial charge in [0, 0.05) is 30.3 Å². The van der Waals surface area contributed by atoms with Crippen LogP contribution in [0.3, 0.4) is 0 Å². The molecule has 1 aromatic heterocycles. The fourth-order valence-electron chi connectivity index (χ4n) is 2.87. The van der Waals surface area contributed by atoms with E-state index in [1.807, 2.05) is 0 Å². The lowest BCUT2D eigenvalue weighted by atomic mass is 10.1. The molecule has 7 nitrogen and oxygen atoms in total. The minimum atomic E-state index is -0.423. The first-order valence-electron chi connectivity index (χ1n) is 8.32. The monoisotopic (exact) mass is 365 g/mol. The van der Waals surface area contributed by atoms with Crippen molar-refractivity contribution in [1.82, 2.24) is 9.88 Å². The van der Waals surface area contributed by atoms with Gasteiger partial charge in [-0.05, 0) is 18.2 Å². The number of aromatic nitrogens is 1. The summed E-state index contributed by atoms with van der Waals surface area (Å²) >= 11 is 0. The number of carbonyl (C=O) groups excluding carboxylic acids is 2. The molecule has 2 N–H and O–H groups in total. The lowest BCUT2D eigenvalue weighted by Crippen LogP contribution is -2.30. The number of amides is 2. The third kappa shape index (κ3) is 3.82. The molecule has 2 amide bonds. The third-order valence-corrected chi connectivity index (χ3v) is 4.15. The van der Waals surface area contributed by atoms with Gasteiger partial charge in [-0.15, -0.1) is 0 Å². The second kappa shape index (κ2) is 7.74. The number of fused-ring (bicyclic) bond motifs is 1. The molecule has 0 aliphatic carbocycles. The van der Waals surface area contributed by atoms with E-state index in [9.17, 15) is 14.4 Å². The minimum Gasteiger partial charge on any atom is -0.497 e. The Balaban J connectivity index is 1.95. The van der Waals surface area contributed by atoms with Crippen LogP contribution in [0.5, 0.6) is 5.75 Å². The van der Waals surface area contributed by atoms with E-state index in [0.29, 0.717) is 22.3 Å². The van der Waals surface area contributed by atoms with Crippen molar-refractivity contribution in [2.45, 2.75) is 6.54 Å². The van der Waals surface area contributed by atoms with Crippen LogP contribution in [0.2, 0.25) is 0 Å². The number of hydrogen-bond donors (Lipinski definition) is 2. The molecule has 0 fully saturated rings. The smallest absolute Gasteiger partial charge is 0.252 e. The van der Waals surface area contributed by atoms with Crippen molar-refractivity contribution in [2.75, 3.05) is 19.5 Å². The summed E-state index contributed by atoms with van der Waals surface area (Å²) in [6.07, 6.45) is 0. The molecule has 27 heavy (non-hydrogen) atoms. The van der Waals surface area contributed by atoms with Crippen LogP contribution in [0, 0.1) is 0 Å². The third-order valence-electron chi connectivity index (χ3n) is 4.15. The van der Waals surface area contributed by atoms with Crippen molar-refractivity contribution < 1.29 is 14.3 Å². The molecule has 3 rings (SSSR count). The van der Waals surface area contributed by atoms with Gasteiger partial charge in [-0.25, -0.2) is 0 Å². The number of para-hydroxylation sites is 1. The maximum absolute atomic E-state index is 12.5. The zero-order chi connectivity index (χ0) is 19.4. The van der Waals surface area contributed by atoms with E-state index in [1.54, 1.807) is 55.6 Å². The standard InChI is InChI=1S/C20H19N3O4/c1-21-20(26)16-11-19(25)23(17-9-4-3-8-15(16)17)12-18(24)22-13-6-5-7-14(10-13)27-2/h3-11H,12H2,1-2H3,(H,21,26)(H,22,24). The van der Waals surface area contributed by atoms with Crippen LogP contribution in [-0.2, 0) is 11.3 Å². The molecule has 0 saturated carbocycles. The summed E-state index contributed by atoms with van der Waals surface area (Å²) in [6, 6.07) is 15.2. The maximum Gasteiger partial charge on any atom is 0.252 e. The molecule has 0 radical (unpaired) electrons. The lowest BCUT2D eigenvalue weighted by molar-refractivity contribution is -0.116. The highest BCUT2D eigenvalue weighted by molar-refractivity contribution is 6.06. The molecule has 0 aliphatic heterocycles. The SMILES string of the molecule is CNC(=O)c1cc(=O)n(CC(=O)Nc2cccc(OC)c2)c2ccccc12. The van der Waals surface area contributed by atoms with Crippen LogP contribution in [0.15, 0.2) is 59.4 Å². The predicted octanol–water partition coefficient (Wildman–Crippen LogP) is 2.01. The summed E-state index contributed by atoms with van der Waals surface area (Å²) in [4.78, 5) is 37.1. The van der Waals surface area contributed by atoms with Crippen molar-refractivity contribution in [3.63, 3.8) is 0 Å². The van der Waals surface area contributed by atoms with Crippen LogP contribution in [-0.4, -0.2) is 30.5 Å². The summed E-state index contributed by atoms with van der Waals surface area (Å²) in [5.74, 6) is -0.0928. The van der Waals surface area contributed by atoms with Gasteiger partial charge in [0.25, 0.3) is 11.5 Å². The average molecular weight is 365 g/mol. The Kier molecular flexibility index (Phi) is 5.21. The number of anilines is 1. The molecule has 7 heteroatoms. The highest BCUT2D eigenvalue weighted by Gasteiger charge is 2.15. The van der Waals surface area contributed by atoms with E-state index in [1.165, 1.54) is 17.7 Å². The van der Waals surface area contributed by atoms with E-state index in [-0.39, 0.29) is 23.9 Å². The number of pyridine rings is 1. The molecule has 138 valence electrons. The Hall–Kier alpha value is -3.61. The van der Waals surface area contributed by atoms with Gasteiger partial charge in [-0.3, -0.25) is 19.0 Å². The van der Waals surface area contributed by atoms with Crippen molar-refractivity contribution in [3.8, 4) is 5.75 Å². The summed E-state index contributed by atoms with van der Waals surface area (Å²) in [5.41, 5.74) is 0.943. The number of hydrogen-bond acceptors (Lipinski definition) is 4. The van der Waals surface area contributed by atoms with Crippen LogP contribution < -0.4 is 20.9 Å². The Labute approximate surface area is 155 Å². The van der Waals surface area contributed by atoms with E-state index in [2.05, 4.69) is 10.6 Å². The molecule has 0 aliphatic rings. The van der Waals surface area contributed by atoms with Gasteiger partial charge in [0.15, 0.2) is 0 Å². The Morgan fingerprint density at radius 3 is 2.59 bits per heavy atom. The topological polar surface area (TPSA) is 89.4 Å². The molecular formula is C20H19N3O4. The average Bonchev–Trinajstić information content (AvgIpc) is 2.69. The first-order valence-corrected chi connectivity index (χ1v) is 8.32. The van der Waals surface area contributed by atoms with Crippen LogP contribution in [0.4, 0.5) is 5.69 Å². The second-order valence-corrected chi connectivity index (χ2v) is 5.86. The van der Waals surface area contributed by atoms with Gasteiger partial charge in [0.1, 0.15) is 12.3 Å². The number of benzene rings is 2. The Bertz CT molecular complexity index is 1070. The largest absolute Gasteiger partial charge is 0.497 e. The number of nitrogens with one attached hydrogen (secondary N) is 2. The van der Waals surface area contributed by atoms with Gasteiger partial charge >= 0.3 is 0 Å². The van der Waals surface area contributed by atoms with Crippen LogP contribution in [0.1, 0.15) is 10.4 Å². The molecule has 2 aromatic carbocycles. The summed E-state index contributed by atoms with van der Waals surface area (Å²) in [5, 5.41) is 5.88. The summed E-state index contributed by atoms with van der Waals surface area (Å²) in [6.45, 7) is -0.176.